The minimum atomic E-state index is -0.923. The van der Waals surface area contributed by atoms with Gasteiger partial charge in [0, 0.05) is 12.1 Å². The molecule has 0 fully saturated rings. The summed E-state index contributed by atoms with van der Waals surface area (Å²) in [6.07, 6.45) is 0.805. The van der Waals surface area contributed by atoms with Crippen LogP contribution in [-0.2, 0) is 20.7 Å². The second-order valence-corrected chi connectivity index (χ2v) is 6.38. The minimum Gasteiger partial charge on any atom is -0.461 e. The van der Waals surface area contributed by atoms with Gasteiger partial charge in [0.1, 0.15) is 0 Å². The lowest BCUT2D eigenvalue weighted by molar-refractivity contribution is -0.153. The number of ether oxygens (including phenoxy) is 1. The average molecular weight is 383 g/mol. The number of nitrogens with one attached hydrogen (secondary N) is 1. The number of carbonyl (C=O) groups is 2. The van der Waals surface area contributed by atoms with E-state index in [1.54, 1.807) is 12.1 Å². The van der Waals surface area contributed by atoms with Gasteiger partial charge in [-0.15, -0.1) is 0 Å². The Balaban J connectivity index is 1.49. The van der Waals surface area contributed by atoms with E-state index >= 15 is 0 Å². The van der Waals surface area contributed by atoms with Gasteiger partial charge in [0.2, 0.25) is 11.7 Å². The number of benzene rings is 1. The number of aromatic nitrogens is 2. The zero-order valence-electron chi connectivity index (χ0n) is 15.9. The molecule has 8 nitrogen and oxygen atoms in total. The number of carbonyl (C=O) groups excluding carboxylic acids is 2. The smallest absolute Gasteiger partial charge is 0.307 e. The number of furan rings is 1. The SMILES string of the molecule is Cc1cccc(C)c1NC(=O)C(C)OC(=O)CCc1nc(-c2ccco2)no1. The Hall–Kier alpha value is -3.42. The molecule has 0 aliphatic rings. The summed E-state index contributed by atoms with van der Waals surface area (Å²) in [5, 5.41) is 6.60. The van der Waals surface area contributed by atoms with Gasteiger partial charge in [-0.25, -0.2) is 0 Å². The van der Waals surface area contributed by atoms with Gasteiger partial charge in [-0.3, -0.25) is 9.59 Å². The predicted molar refractivity (Wildman–Crippen MR) is 100 cm³/mol. The van der Waals surface area contributed by atoms with Crippen LogP contribution in [0.5, 0.6) is 0 Å². The first kappa shape index (κ1) is 19.3. The summed E-state index contributed by atoms with van der Waals surface area (Å²) in [5.41, 5.74) is 2.61. The Morgan fingerprint density at radius 3 is 2.61 bits per heavy atom. The molecule has 28 heavy (non-hydrogen) atoms. The van der Waals surface area contributed by atoms with E-state index in [0.717, 1.165) is 16.8 Å². The maximum Gasteiger partial charge on any atom is 0.307 e. The van der Waals surface area contributed by atoms with Crippen LogP contribution in [-0.4, -0.2) is 28.1 Å². The standard InChI is InChI=1S/C20H21N3O5/c1-12-6-4-7-13(2)18(12)22-20(25)14(3)27-17(24)10-9-16-21-19(23-28-16)15-8-5-11-26-15/h4-8,11,14H,9-10H2,1-3H3,(H,22,25). The van der Waals surface area contributed by atoms with E-state index in [9.17, 15) is 9.59 Å². The number of rotatable bonds is 7. The maximum atomic E-state index is 12.3. The summed E-state index contributed by atoms with van der Waals surface area (Å²) >= 11 is 0. The molecule has 2 aromatic heterocycles. The molecule has 1 amide bonds. The van der Waals surface area contributed by atoms with E-state index in [-0.39, 0.29) is 24.6 Å². The highest BCUT2D eigenvalue weighted by atomic mass is 16.5. The zero-order valence-corrected chi connectivity index (χ0v) is 15.9. The molecule has 0 radical (unpaired) electrons. The van der Waals surface area contributed by atoms with Crippen LogP contribution in [0.3, 0.4) is 0 Å². The predicted octanol–water partition coefficient (Wildman–Crippen LogP) is 3.45. The summed E-state index contributed by atoms with van der Waals surface area (Å²) in [6, 6.07) is 9.15. The van der Waals surface area contributed by atoms with Crippen LogP contribution in [0.25, 0.3) is 11.6 Å². The molecule has 1 aromatic carbocycles. The fraction of sp³-hybridized carbons (Fsp3) is 0.300. The largest absolute Gasteiger partial charge is 0.461 e. The highest BCUT2D eigenvalue weighted by molar-refractivity contribution is 5.96. The van der Waals surface area contributed by atoms with Crippen LogP contribution in [0, 0.1) is 13.8 Å². The number of nitrogens with zero attached hydrogens (tertiary/aromatic N) is 2. The Morgan fingerprint density at radius 2 is 1.93 bits per heavy atom. The Bertz CT molecular complexity index is 942. The van der Waals surface area contributed by atoms with E-state index in [1.165, 1.54) is 13.2 Å². The molecule has 1 unspecified atom stereocenters. The normalized spacial score (nSPS) is 11.8. The third kappa shape index (κ3) is 4.64. The van der Waals surface area contributed by atoms with Gasteiger partial charge in [0.05, 0.1) is 12.7 Å². The number of anilines is 1. The highest BCUT2D eigenvalue weighted by Crippen LogP contribution is 2.20. The summed E-state index contributed by atoms with van der Waals surface area (Å²) < 4.78 is 15.5. The Morgan fingerprint density at radius 1 is 1.18 bits per heavy atom. The number of hydrogen-bond donors (Lipinski definition) is 1. The van der Waals surface area contributed by atoms with Gasteiger partial charge >= 0.3 is 5.97 Å². The Kier molecular flexibility index (Phi) is 5.88. The highest BCUT2D eigenvalue weighted by Gasteiger charge is 2.20. The number of aryl methyl sites for hydroxylation is 3. The minimum absolute atomic E-state index is 0.0147. The molecule has 1 N–H and O–H groups in total. The first-order chi connectivity index (χ1) is 13.4. The van der Waals surface area contributed by atoms with Crippen molar-refractivity contribution < 1.29 is 23.3 Å². The Labute approximate surface area is 161 Å². The average Bonchev–Trinajstić information content (AvgIpc) is 3.34. The van der Waals surface area contributed by atoms with Crippen molar-refractivity contribution in [3.63, 3.8) is 0 Å². The lowest BCUT2D eigenvalue weighted by atomic mass is 10.1. The van der Waals surface area contributed by atoms with Crippen molar-refractivity contribution >= 4 is 17.6 Å². The molecule has 2 heterocycles. The second-order valence-electron chi connectivity index (χ2n) is 6.38. The monoisotopic (exact) mass is 383 g/mol. The molecule has 0 saturated carbocycles. The van der Waals surface area contributed by atoms with Crippen LogP contribution in [0.1, 0.15) is 30.4 Å². The summed E-state index contributed by atoms with van der Waals surface area (Å²) in [7, 11) is 0. The molecule has 3 aromatic rings. The van der Waals surface area contributed by atoms with Crippen molar-refractivity contribution in [3.8, 4) is 11.6 Å². The summed E-state index contributed by atoms with van der Waals surface area (Å²) in [5.74, 6) is 0.172. The topological polar surface area (TPSA) is 107 Å². The van der Waals surface area contributed by atoms with Crippen molar-refractivity contribution in [2.45, 2.75) is 39.7 Å². The molecular weight excluding hydrogens is 362 g/mol. The van der Waals surface area contributed by atoms with Crippen LogP contribution in [0.4, 0.5) is 5.69 Å². The zero-order chi connectivity index (χ0) is 20.1. The third-order valence-corrected chi connectivity index (χ3v) is 4.16. The first-order valence-corrected chi connectivity index (χ1v) is 8.87. The van der Waals surface area contributed by atoms with Crippen molar-refractivity contribution in [2.75, 3.05) is 5.32 Å². The summed E-state index contributed by atoms with van der Waals surface area (Å²) in [6.45, 7) is 5.34. The van der Waals surface area contributed by atoms with Crippen LogP contribution in [0.15, 0.2) is 45.5 Å². The fourth-order valence-corrected chi connectivity index (χ4v) is 2.62. The summed E-state index contributed by atoms with van der Waals surface area (Å²) in [4.78, 5) is 28.5. The van der Waals surface area contributed by atoms with Gasteiger partial charge in [-0.2, -0.15) is 4.98 Å². The molecule has 0 aliphatic heterocycles. The van der Waals surface area contributed by atoms with E-state index in [0.29, 0.717) is 11.6 Å². The quantitative estimate of drug-likeness (QED) is 0.623. The number of esters is 1. The van der Waals surface area contributed by atoms with E-state index in [4.69, 9.17) is 13.7 Å². The number of para-hydroxylation sites is 1. The molecule has 0 saturated heterocycles. The first-order valence-electron chi connectivity index (χ1n) is 8.87. The number of hydrogen-bond acceptors (Lipinski definition) is 7. The van der Waals surface area contributed by atoms with Crippen LogP contribution < -0.4 is 5.32 Å². The van der Waals surface area contributed by atoms with Crippen LogP contribution in [0.2, 0.25) is 0 Å². The van der Waals surface area contributed by atoms with Gasteiger partial charge in [-0.1, -0.05) is 23.4 Å². The molecule has 0 bridgehead atoms. The van der Waals surface area contributed by atoms with Crippen LogP contribution >= 0.6 is 0 Å². The van der Waals surface area contributed by atoms with Crippen molar-refractivity contribution in [3.05, 3.63) is 53.6 Å². The number of amides is 1. The molecule has 0 spiro atoms. The van der Waals surface area contributed by atoms with E-state index < -0.39 is 12.1 Å². The third-order valence-electron chi connectivity index (χ3n) is 4.16. The second kappa shape index (κ2) is 8.51. The van der Waals surface area contributed by atoms with Crippen molar-refractivity contribution in [1.82, 2.24) is 10.1 Å². The molecule has 0 aliphatic carbocycles. The van der Waals surface area contributed by atoms with E-state index in [2.05, 4.69) is 15.5 Å². The fourth-order valence-electron chi connectivity index (χ4n) is 2.62. The van der Waals surface area contributed by atoms with Gasteiger partial charge in [0.15, 0.2) is 11.9 Å². The van der Waals surface area contributed by atoms with Crippen molar-refractivity contribution in [2.24, 2.45) is 0 Å². The molecule has 1 atom stereocenters. The molecule has 146 valence electrons. The maximum absolute atomic E-state index is 12.3. The van der Waals surface area contributed by atoms with E-state index in [1.807, 2.05) is 32.0 Å². The van der Waals surface area contributed by atoms with Gasteiger partial charge < -0.3 is 19.0 Å². The molecular formula is C20H21N3O5. The lowest BCUT2D eigenvalue weighted by Crippen LogP contribution is -2.30. The van der Waals surface area contributed by atoms with Crippen molar-refractivity contribution in [1.29, 1.82) is 0 Å². The molecule has 8 heteroatoms. The van der Waals surface area contributed by atoms with Gasteiger partial charge in [-0.05, 0) is 44.0 Å². The lowest BCUT2D eigenvalue weighted by Gasteiger charge is -2.16. The van der Waals surface area contributed by atoms with Gasteiger partial charge in [0.25, 0.3) is 5.91 Å². The molecule has 3 rings (SSSR count).